The summed E-state index contributed by atoms with van der Waals surface area (Å²) in [7, 11) is 1.44. The Morgan fingerprint density at radius 2 is 2.14 bits per heavy atom. The van der Waals surface area contributed by atoms with Crippen LogP contribution in [0.2, 0.25) is 0 Å². The molecule has 2 rings (SSSR count). The summed E-state index contributed by atoms with van der Waals surface area (Å²) < 4.78 is 35.1. The lowest BCUT2D eigenvalue weighted by atomic mass is 10.1. The highest BCUT2D eigenvalue weighted by Crippen LogP contribution is 2.38. The maximum atomic E-state index is 12.5. The third kappa shape index (κ3) is 4.30. The fourth-order valence-corrected chi connectivity index (χ4v) is 3.20. The van der Waals surface area contributed by atoms with Crippen LogP contribution in [0.25, 0.3) is 0 Å². The first-order valence-electron chi connectivity index (χ1n) is 7.19. The summed E-state index contributed by atoms with van der Waals surface area (Å²) in [4.78, 5) is 2.36. The van der Waals surface area contributed by atoms with E-state index >= 15 is 0 Å². The second-order valence-corrected chi connectivity index (χ2v) is 6.43. The summed E-state index contributed by atoms with van der Waals surface area (Å²) in [5, 5.41) is 3.43. The van der Waals surface area contributed by atoms with Crippen molar-refractivity contribution in [3.63, 3.8) is 0 Å². The van der Waals surface area contributed by atoms with E-state index in [4.69, 9.17) is 4.74 Å². The number of ether oxygens (including phenoxy) is 2. The molecule has 1 heterocycles. The molecule has 1 aliphatic rings. The van der Waals surface area contributed by atoms with Crippen LogP contribution in [-0.4, -0.2) is 43.8 Å². The average Bonchev–Trinajstić information content (AvgIpc) is 2.45. The number of benzene rings is 1. The van der Waals surface area contributed by atoms with Gasteiger partial charge in [-0.15, -0.1) is 0 Å². The van der Waals surface area contributed by atoms with Crippen molar-refractivity contribution >= 4 is 15.9 Å². The molecule has 1 aromatic rings. The number of methoxy groups -OCH3 is 1. The van der Waals surface area contributed by atoms with Gasteiger partial charge in [-0.1, -0.05) is 0 Å². The summed E-state index contributed by atoms with van der Waals surface area (Å²) >= 11 is 3.29. The zero-order valence-corrected chi connectivity index (χ0v) is 14.5. The van der Waals surface area contributed by atoms with Gasteiger partial charge in [-0.3, -0.25) is 4.90 Å². The highest BCUT2D eigenvalue weighted by Gasteiger charge is 2.23. The molecule has 0 aromatic heterocycles. The number of hydrogen-bond acceptors (Lipinski definition) is 4. The Hall–Kier alpha value is -0.920. The van der Waals surface area contributed by atoms with Gasteiger partial charge < -0.3 is 14.8 Å². The normalized spacial score (nSPS) is 22.9. The lowest BCUT2D eigenvalue weighted by molar-refractivity contribution is -0.0517. The summed E-state index contributed by atoms with van der Waals surface area (Å²) in [5.74, 6) is 0.337. The Kier molecular flexibility index (Phi) is 6.00. The Labute approximate surface area is 137 Å². The van der Waals surface area contributed by atoms with Gasteiger partial charge in [0.25, 0.3) is 0 Å². The maximum absolute atomic E-state index is 12.5. The van der Waals surface area contributed by atoms with Crippen molar-refractivity contribution in [2.75, 3.05) is 20.2 Å². The summed E-state index contributed by atoms with van der Waals surface area (Å²) in [6.07, 6.45) is 0. The van der Waals surface area contributed by atoms with Crippen LogP contribution >= 0.6 is 15.9 Å². The number of piperazine rings is 1. The third-order valence-corrected chi connectivity index (χ3v) is 4.36. The van der Waals surface area contributed by atoms with Crippen LogP contribution in [0, 0.1) is 0 Å². The first-order valence-corrected chi connectivity index (χ1v) is 7.98. The number of halogens is 3. The van der Waals surface area contributed by atoms with E-state index in [1.807, 2.05) is 0 Å². The molecule has 0 aliphatic carbocycles. The van der Waals surface area contributed by atoms with Crippen LogP contribution in [0.3, 0.4) is 0 Å². The molecule has 2 atom stereocenters. The second kappa shape index (κ2) is 7.57. The fourth-order valence-electron chi connectivity index (χ4n) is 2.62. The van der Waals surface area contributed by atoms with Crippen molar-refractivity contribution in [1.82, 2.24) is 10.2 Å². The van der Waals surface area contributed by atoms with Crippen molar-refractivity contribution in [2.45, 2.75) is 39.1 Å². The third-order valence-electron chi connectivity index (χ3n) is 3.78. The van der Waals surface area contributed by atoms with Gasteiger partial charge in [-0.25, -0.2) is 0 Å². The van der Waals surface area contributed by atoms with Crippen LogP contribution < -0.4 is 14.8 Å². The second-order valence-electron chi connectivity index (χ2n) is 5.58. The summed E-state index contributed by atoms with van der Waals surface area (Å²) in [6, 6.07) is 4.41. The molecule has 1 aliphatic heterocycles. The quantitative estimate of drug-likeness (QED) is 0.852. The van der Waals surface area contributed by atoms with E-state index in [2.05, 4.69) is 44.7 Å². The van der Waals surface area contributed by atoms with E-state index in [1.165, 1.54) is 7.11 Å². The summed E-state index contributed by atoms with van der Waals surface area (Å²) in [6.45, 7) is 4.04. The van der Waals surface area contributed by atoms with E-state index < -0.39 is 6.61 Å². The number of rotatable bonds is 5. The smallest absolute Gasteiger partial charge is 0.387 e. The Morgan fingerprint density at radius 3 is 2.77 bits per heavy atom. The molecule has 0 bridgehead atoms. The van der Waals surface area contributed by atoms with Crippen molar-refractivity contribution in [2.24, 2.45) is 0 Å². The predicted molar refractivity (Wildman–Crippen MR) is 84.7 cm³/mol. The zero-order valence-electron chi connectivity index (χ0n) is 12.9. The van der Waals surface area contributed by atoms with E-state index in [0.29, 0.717) is 22.3 Å². The van der Waals surface area contributed by atoms with E-state index in [9.17, 15) is 8.78 Å². The molecule has 1 N–H and O–H groups in total. The molecule has 1 aromatic carbocycles. The van der Waals surface area contributed by atoms with Crippen molar-refractivity contribution in [3.8, 4) is 11.5 Å². The highest BCUT2D eigenvalue weighted by molar-refractivity contribution is 9.10. The summed E-state index contributed by atoms with van der Waals surface area (Å²) in [5.41, 5.74) is 0.992. The highest BCUT2D eigenvalue weighted by atomic mass is 79.9. The molecule has 0 spiro atoms. The standard InChI is InChI=1S/C15H21BrF2N2O2/c1-9-7-20(10(2)6-19-9)8-11-4-12(16)14(22-15(17)18)13(5-11)21-3/h4-5,9-10,15,19H,6-8H2,1-3H3. The Balaban J connectivity index is 2.19. The number of hydrogen-bond donors (Lipinski definition) is 1. The zero-order chi connectivity index (χ0) is 16.3. The molecule has 1 saturated heterocycles. The Morgan fingerprint density at radius 1 is 1.41 bits per heavy atom. The van der Waals surface area contributed by atoms with Crippen LogP contribution in [0.1, 0.15) is 19.4 Å². The minimum atomic E-state index is -2.88. The Bertz CT molecular complexity index is 517. The van der Waals surface area contributed by atoms with Gasteiger partial charge in [0, 0.05) is 31.7 Å². The van der Waals surface area contributed by atoms with Gasteiger partial charge in [0.2, 0.25) is 0 Å². The van der Waals surface area contributed by atoms with Crippen molar-refractivity contribution < 1.29 is 18.3 Å². The van der Waals surface area contributed by atoms with Crippen LogP contribution in [0.4, 0.5) is 8.78 Å². The predicted octanol–water partition coefficient (Wildman–Crippen LogP) is 3.24. The first kappa shape index (κ1) is 17.4. The van der Waals surface area contributed by atoms with Gasteiger partial charge in [-0.05, 0) is 47.5 Å². The fraction of sp³-hybridized carbons (Fsp3) is 0.600. The average molecular weight is 379 g/mol. The lowest BCUT2D eigenvalue weighted by Gasteiger charge is -2.37. The molecular formula is C15H21BrF2N2O2. The molecule has 4 nitrogen and oxygen atoms in total. The molecule has 124 valence electrons. The van der Waals surface area contributed by atoms with E-state index in [-0.39, 0.29) is 5.75 Å². The molecule has 1 fully saturated rings. The van der Waals surface area contributed by atoms with Crippen LogP contribution in [0.5, 0.6) is 11.5 Å². The van der Waals surface area contributed by atoms with Crippen LogP contribution in [0.15, 0.2) is 16.6 Å². The van der Waals surface area contributed by atoms with Gasteiger partial charge in [0.05, 0.1) is 11.6 Å². The number of nitrogens with zero attached hydrogens (tertiary/aromatic N) is 1. The molecular weight excluding hydrogens is 358 g/mol. The number of nitrogens with one attached hydrogen (secondary N) is 1. The minimum absolute atomic E-state index is 0.0305. The topological polar surface area (TPSA) is 33.7 Å². The van der Waals surface area contributed by atoms with Crippen LogP contribution in [-0.2, 0) is 6.54 Å². The minimum Gasteiger partial charge on any atom is -0.493 e. The van der Waals surface area contributed by atoms with Gasteiger partial charge >= 0.3 is 6.61 Å². The SMILES string of the molecule is COc1cc(CN2CC(C)NCC2C)cc(Br)c1OC(F)F. The first-order chi connectivity index (χ1) is 10.4. The van der Waals surface area contributed by atoms with E-state index in [0.717, 1.165) is 25.2 Å². The molecule has 22 heavy (non-hydrogen) atoms. The lowest BCUT2D eigenvalue weighted by Crippen LogP contribution is -2.53. The van der Waals surface area contributed by atoms with Crippen molar-refractivity contribution in [1.29, 1.82) is 0 Å². The van der Waals surface area contributed by atoms with Gasteiger partial charge in [0.1, 0.15) is 0 Å². The molecule has 0 amide bonds. The van der Waals surface area contributed by atoms with Gasteiger partial charge in [0.15, 0.2) is 11.5 Å². The van der Waals surface area contributed by atoms with Crippen molar-refractivity contribution in [3.05, 3.63) is 22.2 Å². The number of alkyl halides is 2. The largest absolute Gasteiger partial charge is 0.493 e. The van der Waals surface area contributed by atoms with E-state index in [1.54, 1.807) is 12.1 Å². The maximum Gasteiger partial charge on any atom is 0.387 e. The van der Waals surface area contributed by atoms with Gasteiger partial charge in [-0.2, -0.15) is 8.78 Å². The molecule has 0 saturated carbocycles. The molecule has 7 heteroatoms. The molecule has 2 unspecified atom stereocenters. The monoisotopic (exact) mass is 378 g/mol. The molecule has 0 radical (unpaired) electrons.